The van der Waals surface area contributed by atoms with E-state index < -0.39 is 5.97 Å². The Morgan fingerprint density at radius 3 is 2.55 bits per heavy atom. The molecule has 0 saturated heterocycles. The molecule has 2 nitrogen and oxygen atoms in total. The first kappa shape index (κ1) is 10.2. The molecule has 1 atom stereocenters. The third-order valence-corrected chi connectivity index (χ3v) is 1.60. The predicted octanol–water partition coefficient (Wildman–Crippen LogP) is 1.12. The average Bonchev–Trinajstić information content (AvgIpc) is 1.97. The zero-order chi connectivity index (χ0) is 8.69. The zero-order valence-corrected chi connectivity index (χ0v) is 7.17. The molecule has 0 saturated carbocycles. The molecule has 0 aromatic heterocycles. The molecule has 0 radical (unpaired) electrons. The van der Waals surface area contributed by atoms with Gasteiger partial charge in [0.15, 0.2) is 0 Å². The van der Waals surface area contributed by atoms with Crippen molar-refractivity contribution in [3.8, 4) is 0 Å². The maximum atomic E-state index is 10.2. The van der Waals surface area contributed by atoms with Crippen LogP contribution in [0.1, 0.15) is 33.1 Å². The number of allylic oxidation sites excluding steroid dienone is 2. The molecule has 0 rings (SSSR count). The molecule has 0 amide bonds. The number of aliphatic carboxylic acids is 1. The van der Waals surface area contributed by atoms with Crippen LogP contribution < -0.4 is 5.11 Å². The lowest BCUT2D eigenvalue weighted by Crippen LogP contribution is -2.24. The third kappa shape index (κ3) is 5.64. The Bertz CT molecular complexity index is 138. The summed E-state index contributed by atoms with van der Waals surface area (Å²) in [6, 6.07) is 0. The number of hydrogen-bond acceptors (Lipinski definition) is 2. The van der Waals surface area contributed by atoms with Gasteiger partial charge in [-0.15, -0.1) is 0 Å². The van der Waals surface area contributed by atoms with Gasteiger partial charge in [0, 0.05) is 5.97 Å². The Labute approximate surface area is 67.9 Å². The SMILES string of the molecule is CC/C=C/C(CC)CC(=O)[O-]. The zero-order valence-electron chi connectivity index (χ0n) is 7.17. The van der Waals surface area contributed by atoms with Gasteiger partial charge in [-0.2, -0.15) is 0 Å². The van der Waals surface area contributed by atoms with E-state index in [4.69, 9.17) is 0 Å². The normalized spacial score (nSPS) is 13.6. The molecule has 0 bridgehead atoms. The van der Waals surface area contributed by atoms with Crippen molar-refractivity contribution >= 4 is 5.97 Å². The lowest BCUT2D eigenvalue weighted by Gasteiger charge is -2.09. The first-order chi connectivity index (χ1) is 5.20. The first-order valence-corrected chi connectivity index (χ1v) is 4.07. The molecule has 0 aromatic rings. The van der Waals surface area contributed by atoms with Crippen LogP contribution in [0.15, 0.2) is 12.2 Å². The number of carboxylic acids is 1. The highest BCUT2D eigenvalue weighted by Gasteiger charge is 2.00. The summed E-state index contributed by atoms with van der Waals surface area (Å²) in [5, 5.41) is 10.2. The Morgan fingerprint density at radius 2 is 2.18 bits per heavy atom. The number of hydrogen-bond donors (Lipinski definition) is 0. The minimum absolute atomic E-state index is 0.146. The fraction of sp³-hybridized carbons (Fsp3) is 0.667. The molecule has 2 heteroatoms. The molecule has 0 fully saturated rings. The van der Waals surface area contributed by atoms with Crippen LogP contribution in [0, 0.1) is 5.92 Å². The number of rotatable bonds is 5. The summed E-state index contributed by atoms with van der Waals surface area (Å²) in [5.41, 5.74) is 0. The summed E-state index contributed by atoms with van der Waals surface area (Å²) in [6.07, 6.45) is 5.92. The summed E-state index contributed by atoms with van der Waals surface area (Å²) in [4.78, 5) is 10.2. The highest BCUT2D eigenvalue weighted by molar-refractivity contribution is 5.64. The highest BCUT2D eigenvalue weighted by Crippen LogP contribution is 2.09. The fourth-order valence-corrected chi connectivity index (χ4v) is 0.891. The second-order valence-electron chi connectivity index (χ2n) is 2.58. The number of carbonyl (C=O) groups excluding carboxylic acids is 1. The summed E-state index contributed by atoms with van der Waals surface area (Å²) in [6.45, 7) is 4.01. The van der Waals surface area contributed by atoms with Gasteiger partial charge in [-0.3, -0.25) is 0 Å². The Balaban J connectivity index is 3.75. The lowest BCUT2D eigenvalue weighted by molar-refractivity contribution is -0.306. The molecule has 0 aliphatic carbocycles. The standard InChI is InChI=1S/C9H16O2/c1-3-5-6-8(4-2)7-9(10)11/h5-6,8H,3-4,7H2,1-2H3,(H,10,11)/p-1/b6-5+. The van der Waals surface area contributed by atoms with Gasteiger partial charge in [0.2, 0.25) is 0 Å². The molecule has 0 N–H and O–H groups in total. The number of carboxylic acid groups (broad SMARTS) is 1. The third-order valence-electron chi connectivity index (χ3n) is 1.60. The molecule has 1 unspecified atom stereocenters. The van der Waals surface area contributed by atoms with Crippen molar-refractivity contribution in [1.29, 1.82) is 0 Å². The minimum Gasteiger partial charge on any atom is -0.550 e. The molecular formula is C9H15O2-. The van der Waals surface area contributed by atoms with E-state index in [9.17, 15) is 9.90 Å². The summed E-state index contributed by atoms with van der Waals surface area (Å²) < 4.78 is 0. The Kier molecular flexibility index (Phi) is 5.53. The van der Waals surface area contributed by atoms with E-state index in [1.165, 1.54) is 0 Å². The molecule has 0 aliphatic rings. The van der Waals surface area contributed by atoms with Crippen LogP contribution in [0.2, 0.25) is 0 Å². The average molecular weight is 155 g/mol. The molecule has 0 aliphatic heterocycles. The van der Waals surface area contributed by atoms with E-state index in [-0.39, 0.29) is 12.3 Å². The smallest absolute Gasteiger partial charge is 0.0420 e. The van der Waals surface area contributed by atoms with Gasteiger partial charge in [0.25, 0.3) is 0 Å². The van der Waals surface area contributed by atoms with Gasteiger partial charge in [-0.25, -0.2) is 0 Å². The predicted molar refractivity (Wildman–Crippen MR) is 42.8 cm³/mol. The summed E-state index contributed by atoms with van der Waals surface area (Å²) in [7, 11) is 0. The van der Waals surface area contributed by atoms with Crippen molar-refractivity contribution in [3.63, 3.8) is 0 Å². The molecule has 11 heavy (non-hydrogen) atoms. The second kappa shape index (κ2) is 5.96. The summed E-state index contributed by atoms with van der Waals surface area (Å²) >= 11 is 0. The Morgan fingerprint density at radius 1 is 1.55 bits per heavy atom. The van der Waals surface area contributed by atoms with Crippen LogP contribution in [-0.4, -0.2) is 5.97 Å². The fourth-order valence-electron chi connectivity index (χ4n) is 0.891. The number of carbonyl (C=O) groups is 1. The van der Waals surface area contributed by atoms with Gasteiger partial charge in [-0.05, 0) is 25.2 Å². The monoisotopic (exact) mass is 155 g/mol. The van der Waals surface area contributed by atoms with Crippen molar-refractivity contribution < 1.29 is 9.90 Å². The van der Waals surface area contributed by atoms with Gasteiger partial charge in [0.05, 0.1) is 0 Å². The van der Waals surface area contributed by atoms with E-state index in [0.717, 1.165) is 12.8 Å². The van der Waals surface area contributed by atoms with Gasteiger partial charge in [0.1, 0.15) is 0 Å². The van der Waals surface area contributed by atoms with Crippen molar-refractivity contribution in [3.05, 3.63) is 12.2 Å². The molecule has 0 spiro atoms. The van der Waals surface area contributed by atoms with E-state index >= 15 is 0 Å². The summed E-state index contributed by atoms with van der Waals surface area (Å²) in [5.74, 6) is -0.808. The van der Waals surface area contributed by atoms with Crippen LogP contribution in [0.3, 0.4) is 0 Å². The largest absolute Gasteiger partial charge is 0.550 e. The molecule has 0 heterocycles. The quantitative estimate of drug-likeness (QED) is 0.558. The highest BCUT2D eigenvalue weighted by atomic mass is 16.4. The van der Waals surface area contributed by atoms with E-state index in [1.54, 1.807) is 0 Å². The van der Waals surface area contributed by atoms with Crippen LogP contribution in [0.25, 0.3) is 0 Å². The van der Waals surface area contributed by atoms with Crippen molar-refractivity contribution in [2.24, 2.45) is 5.92 Å². The topological polar surface area (TPSA) is 40.1 Å². The molecular weight excluding hydrogens is 140 g/mol. The maximum Gasteiger partial charge on any atom is 0.0420 e. The van der Waals surface area contributed by atoms with Crippen LogP contribution in [-0.2, 0) is 4.79 Å². The molecule has 0 aromatic carbocycles. The van der Waals surface area contributed by atoms with Crippen LogP contribution >= 0.6 is 0 Å². The van der Waals surface area contributed by atoms with Crippen molar-refractivity contribution in [1.82, 2.24) is 0 Å². The van der Waals surface area contributed by atoms with E-state index in [0.29, 0.717) is 0 Å². The van der Waals surface area contributed by atoms with Gasteiger partial charge < -0.3 is 9.90 Å². The second-order valence-corrected chi connectivity index (χ2v) is 2.58. The van der Waals surface area contributed by atoms with Crippen molar-refractivity contribution in [2.45, 2.75) is 33.1 Å². The van der Waals surface area contributed by atoms with Gasteiger partial charge >= 0.3 is 0 Å². The van der Waals surface area contributed by atoms with Gasteiger partial charge in [-0.1, -0.05) is 26.0 Å². The van der Waals surface area contributed by atoms with E-state index in [1.807, 2.05) is 26.0 Å². The first-order valence-electron chi connectivity index (χ1n) is 4.07. The van der Waals surface area contributed by atoms with Crippen LogP contribution in [0.4, 0.5) is 0 Å². The lowest BCUT2D eigenvalue weighted by atomic mass is 10.0. The molecule has 64 valence electrons. The Hall–Kier alpha value is -0.790. The van der Waals surface area contributed by atoms with E-state index in [2.05, 4.69) is 0 Å². The van der Waals surface area contributed by atoms with Crippen molar-refractivity contribution in [2.75, 3.05) is 0 Å². The minimum atomic E-state index is -0.961. The van der Waals surface area contributed by atoms with Crippen LogP contribution in [0.5, 0.6) is 0 Å². The maximum absolute atomic E-state index is 10.2.